The fraction of sp³-hybridized carbons (Fsp3) is 0.125. The first-order valence-electron chi connectivity index (χ1n) is 4.02. The molecule has 0 fully saturated rings. The molecule has 0 aromatic heterocycles. The maximum atomic E-state index is 10.8. The first-order chi connectivity index (χ1) is 6.88. The van der Waals surface area contributed by atoms with E-state index in [2.05, 4.69) is 10.0 Å². The third-order valence-electron chi connectivity index (χ3n) is 1.49. The van der Waals surface area contributed by atoms with E-state index in [9.17, 15) is 8.42 Å². The van der Waals surface area contributed by atoms with E-state index in [4.69, 9.17) is 18.0 Å². The summed E-state index contributed by atoms with van der Waals surface area (Å²) in [6.45, 7) is 0. The smallest absolute Gasteiger partial charge is 0.231 e. The molecule has 0 atom stereocenters. The summed E-state index contributed by atoms with van der Waals surface area (Å²) < 4.78 is 23.8. The molecule has 4 N–H and O–H groups in total. The molecule has 0 spiro atoms. The van der Waals surface area contributed by atoms with Crippen molar-refractivity contribution in [3.63, 3.8) is 0 Å². The number of benzene rings is 1. The van der Waals surface area contributed by atoms with Crippen LogP contribution in [0, 0.1) is 0 Å². The molecule has 5 nitrogen and oxygen atoms in total. The molecular weight excluding hydrogens is 234 g/mol. The van der Waals surface area contributed by atoms with E-state index in [-0.39, 0.29) is 5.11 Å². The molecule has 0 aliphatic carbocycles. The van der Waals surface area contributed by atoms with Gasteiger partial charge in [0.2, 0.25) is 10.0 Å². The van der Waals surface area contributed by atoms with Crippen molar-refractivity contribution in [2.75, 3.05) is 17.3 Å². The Bertz CT molecular complexity index is 471. The summed E-state index contributed by atoms with van der Waals surface area (Å²) >= 11 is 4.79. The van der Waals surface area contributed by atoms with E-state index in [0.717, 1.165) is 6.26 Å². The molecule has 0 aliphatic rings. The Kier molecular flexibility index (Phi) is 3.48. The lowest BCUT2D eigenvalue weighted by atomic mass is 10.3. The van der Waals surface area contributed by atoms with Crippen molar-refractivity contribution in [1.82, 2.24) is 4.72 Å². The van der Waals surface area contributed by atoms with E-state index >= 15 is 0 Å². The van der Waals surface area contributed by atoms with Crippen LogP contribution in [0.4, 0.5) is 11.4 Å². The van der Waals surface area contributed by atoms with Crippen molar-refractivity contribution in [3.8, 4) is 0 Å². The van der Waals surface area contributed by atoms with Crippen LogP contribution in [0.5, 0.6) is 0 Å². The number of sulfonamides is 1. The zero-order chi connectivity index (χ0) is 11.5. The van der Waals surface area contributed by atoms with Crippen LogP contribution < -0.4 is 15.8 Å². The highest BCUT2D eigenvalue weighted by Gasteiger charge is 2.05. The van der Waals surface area contributed by atoms with Gasteiger partial charge in [-0.15, -0.1) is 0 Å². The number of thiocarbonyl (C=S) groups is 1. The number of nitrogens with one attached hydrogen (secondary N) is 2. The molecule has 0 saturated heterocycles. The van der Waals surface area contributed by atoms with Crippen molar-refractivity contribution in [2.45, 2.75) is 0 Å². The van der Waals surface area contributed by atoms with Gasteiger partial charge in [0.05, 0.1) is 17.6 Å². The molecule has 7 heteroatoms. The summed E-state index contributed by atoms with van der Waals surface area (Å²) in [6, 6.07) is 6.92. The van der Waals surface area contributed by atoms with Gasteiger partial charge >= 0.3 is 0 Å². The van der Waals surface area contributed by atoms with Gasteiger partial charge in [0.1, 0.15) is 0 Å². The minimum absolute atomic E-state index is 0.00426. The van der Waals surface area contributed by atoms with Crippen LogP contribution in [0.15, 0.2) is 24.3 Å². The van der Waals surface area contributed by atoms with E-state index in [1.165, 1.54) is 0 Å². The fourth-order valence-electron chi connectivity index (χ4n) is 0.927. The SMILES string of the molecule is CS(=O)(=O)NC(=S)Nc1ccccc1N. The first-order valence-corrected chi connectivity index (χ1v) is 6.32. The van der Waals surface area contributed by atoms with Gasteiger partial charge in [-0.05, 0) is 24.4 Å². The monoisotopic (exact) mass is 245 g/mol. The summed E-state index contributed by atoms with van der Waals surface area (Å²) in [7, 11) is -3.35. The molecule has 0 bridgehead atoms. The predicted octanol–water partition coefficient (Wildman–Crippen LogP) is 0.515. The Morgan fingerprint density at radius 1 is 1.40 bits per heavy atom. The van der Waals surface area contributed by atoms with Crippen LogP contribution >= 0.6 is 12.2 Å². The van der Waals surface area contributed by atoms with E-state index in [1.54, 1.807) is 24.3 Å². The average Bonchev–Trinajstić information content (AvgIpc) is 2.05. The third-order valence-corrected chi connectivity index (χ3v) is 2.40. The number of para-hydroxylation sites is 2. The Morgan fingerprint density at radius 3 is 2.53 bits per heavy atom. The standard InChI is InChI=1S/C8H11N3O2S2/c1-15(12,13)11-8(14)10-7-5-3-2-4-6(7)9/h2-5H,9H2,1H3,(H2,10,11,14). The van der Waals surface area contributed by atoms with Gasteiger partial charge in [-0.2, -0.15) is 0 Å². The van der Waals surface area contributed by atoms with Gasteiger partial charge in [-0.1, -0.05) is 12.1 Å². The largest absolute Gasteiger partial charge is 0.397 e. The topological polar surface area (TPSA) is 84.2 Å². The summed E-state index contributed by atoms with van der Waals surface area (Å²) in [4.78, 5) is 0. The minimum Gasteiger partial charge on any atom is -0.397 e. The lowest BCUT2D eigenvalue weighted by Crippen LogP contribution is -2.33. The van der Waals surface area contributed by atoms with Crippen molar-refractivity contribution in [1.29, 1.82) is 0 Å². The highest BCUT2D eigenvalue weighted by molar-refractivity contribution is 7.91. The Morgan fingerprint density at radius 2 is 2.00 bits per heavy atom. The number of anilines is 2. The van der Waals surface area contributed by atoms with Crippen LogP contribution in [-0.4, -0.2) is 19.8 Å². The molecule has 0 aliphatic heterocycles. The Labute approximate surface area is 93.7 Å². The van der Waals surface area contributed by atoms with Crippen LogP contribution in [0.1, 0.15) is 0 Å². The lowest BCUT2D eigenvalue weighted by molar-refractivity contribution is 0.599. The molecule has 15 heavy (non-hydrogen) atoms. The lowest BCUT2D eigenvalue weighted by Gasteiger charge is -2.10. The van der Waals surface area contributed by atoms with Crippen LogP contribution in [0.2, 0.25) is 0 Å². The molecular formula is C8H11N3O2S2. The fourth-order valence-corrected chi connectivity index (χ4v) is 1.88. The quantitative estimate of drug-likeness (QED) is 0.522. The summed E-state index contributed by atoms with van der Waals surface area (Å²) in [6.07, 6.45) is 1.02. The first kappa shape index (κ1) is 11.7. The van der Waals surface area contributed by atoms with Crippen molar-refractivity contribution < 1.29 is 8.42 Å². The van der Waals surface area contributed by atoms with E-state index in [0.29, 0.717) is 11.4 Å². The number of nitrogens with two attached hydrogens (primary N) is 1. The average molecular weight is 245 g/mol. The summed E-state index contributed by atoms with van der Waals surface area (Å²) in [5, 5.41) is 2.68. The zero-order valence-electron chi connectivity index (χ0n) is 8.02. The molecule has 0 radical (unpaired) electrons. The van der Waals surface area contributed by atoms with E-state index in [1.807, 2.05) is 0 Å². The predicted molar refractivity (Wildman–Crippen MR) is 65.1 cm³/mol. The highest BCUT2D eigenvalue weighted by atomic mass is 32.2. The van der Waals surface area contributed by atoms with Crippen LogP contribution in [-0.2, 0) is 10.0 Å². The molecule has 1 aromatic rings. The van der Waals surface area contributed by atoms with Gasteiger partial charge in [0.25, 0.3) is 0 Å². The van der Waals surface area contributed by atoms with Gasteiger partial charge in [0.15, 0.2) is 5.11 Å². The second-order valence-electron chi connectivity index (χ2n) is 2.92. The van der Waals surface area contributed by atoms with Crippen molar-refractivity contribution >= 4 is 38.7 Å². The molecule has 0 unspecified atom stereocenters. The van der Waals surface area contributed by atoms with Gasteiger partial charge in [-0.3, -0.25) is 4.72 Å². The highest BCUT2D eigenvalue weighted by Crippen LogP contribution is 2.16. The maximum absolute atomic E-state index is 10.8. The molecule has 1 rings (SSSR count). The second-order valence-corrected chi connectivity index (χ2v) is 5.07. The molecule has 82 valence electrons. The van der Waals surface area contributed by atoms with Gasteiger partial charge in [0, 0.05) is 0 Å². The summed E-state index contributed by atoms with van der Waals surface area (Å²) in [5.41, 5.74) is 6.70. The molecule has 1 aromatic carbocycles. The van der Waals surface area contributed by atoms with Crippen molar-refractivity contribution in [2.24, 2.45) is 0 Å². The summed E-state index contributed by atoms with van der Waals surface area (Å²) in [5.74, 6) is 0. The normalized spacial score (nSPS) is 10.7. The maximum Gasteiger partial charge on any atom is 0.231 e. The Balaban J connectivity index is 2.72. The van der Waals surface area contributed by atoms with Gasteiger partial charge in [-0.25, -0.2) is 8.42 Å². The minimum atomic E-state index is -3.35. The van der Waals surface area contributed by atoms with Crippen LogP contribution in [0.3, 0.4) is 0 Å². The number of rotatable bonds is 2. The third kappa shape index (κ3) is 4.13. The van der Waals surface area contributed by atoms with Crippen molar-refractivity contribution in [3.05, 3.63) is 24.3 Å². The molecule has 0 amide bonds. The molecule has 0 saturated carbocycles. The number of hydrogen-bond donors (Lipinski definition) is 3. The van der Waals surface area contributed by atoms with E-state index < -0.39 is 10.0 Å². The molecule has 0 heterocycles. The zero-order valence-corrected chi connectivity index (χ0v) is 9.65. The van der Waals surface area contributed by atoms with Crippen LogP contribution in [0.25, 0.3) is 0 Å². The second kappa shape index (κ2) is 4.45. The number of hydrogen-bond acceptors (Lipinski definition) is 4. The Hall–Kier alpha value is -1.34. The van der Waals surface area contributed by atoms with Gasteiger partial charge < -0.3 is 11.1 Å². The number of nitrogen functional groups attached to an aromatic ring is 1.